The number of morpholine rings is 1. The van der Waals surface area contributed by atoms with Gasteiger partial charge in [0.05, 0.1) is 13.2 Å². The second-order valence-corrected chi connectivity index (χ2v) is 5.21. The van der Waals surface area contributed by atoms with Gasteiger partial charge in [0, 0.05) is 51.9 Å². The molecule has 18 heavy (non-hydrogen) atoms. The largest absolute Gasteiger partial charge is 0.379 e. The van der Waals surface area contributed by atoms with Gasteiger partial charge in [-0.15, -0.1) is 0 Å². The van der Waals surface area contributed by atoms with Crippen molar-refractivity contribution in [2.45, 2.75) is 19.9 Å². The van der Waals surface area contributed by atoms with E-state index in [1.165, 1.54) is 13.1 Å². The summed E-state index contributed by atoms with van der Waals surface area (Å²) in [6, 6.07) is 0.550. The fourth-order valence-electron chi connectivity index (χ4n) is 2.79. The van der Waals surface area contributed by atoms with E-state index in [-0.39, 0.29) is 0 Å². The van der Waals surface area contributed by atoms with Gasteiger partial charge >= 0.3 is 0 Å². The first-order valence-electron chi connectivity index (χ1n) is 7.21. The highest BCUT2D eigenvalue weighted by atomic mass is 16.5. The van der Waals surface area contributed by atoms with E-state index in [2.05, 4.69) is 35.0 Å². The van der Waals surface area contributed by atoms with Gasteiger partial charge in [-0.05, 0) is 19.4 Å². The zero-order valence-electron chi connectivity index (χ0n) is 11.8. The highest BCUT2D eigenvalue weighted by Gasteiger charge is 2.21. The summed E-state index contributed by atoms with van der Waals surface area (Å²) in [5.74, 6) is 0. The van der Waals surface area contributed by atoms with Gasteiger partial charge in [-0.3, -0.25) is 9.80 Å². The highest BCUT2D eigenvalue weighted by Crippen LogP contribution is 2.14. The van der Waals surface area contributed by atoms with Crippen LogP contribution < -0.4 is 5.32 Å². The molecule has 0 aromatic carbocycles. The molecular formula is C14H27N3O. The lowest BCUT2D eigenvalue weighted by atomic mass is 10.1. The van der Waals surface area contributed by atoms with Crippen LogP contribution in [0.25, 0.3) is 0 Å². The molecule has 0 bridgehead atoms. The first-order valence-corrected chi connectivity index (χ1v) is 7.21. The van der Waals surface area contributed by atoms with E-state index < -0.39 is 0 Å². The van der Waals surface area contributed by atoms with Crippen molar-refractivity contribution in [2.75, 3.05) is 59.0 Å². The molecule has 0 radical (unpaired) electrons. The van der Waals surface area contributed by atoms with Crippen LogP contribution in [0.15, 0.2) is 11.6 Å². The average Bonchev–Trinajstić information content (AvgIpc) is 2.46. The van der Waals surface area contributed by atoms with Gasteiger partial charge in [-0.2, -0.15) is 0 Å². The number of nitrogens with zero attached hydrogens (tertiary/aromatic N) is 2. The lowest BCUT2D eigenvalue weighted by Crippen LogP contribution is -2.48. The van der Waals surface area contributed by atoms with Gasteiger partial charge < -0.3 is 10.1 Å². The molecule has 1 N–H and O–H groups in total. The number of allylic oxidation sites excluding steroid dienone is 1. The molecule has 0 saturated carbocycles. The summed E-state index contributed by atoms with van der Waals surface area (Å²) in [6.07, 6.45) is 2.31. The number of rotatable bonds is 4. The molecular weight excluding hydrogens is 226 g/mol. The molecule has 2 fully saturated rings. The van der Waals surface area contributed by atoms with Gasteiger partial charge in [-0.1, -0.05) is 6.08 Å². The second kappa shape index (κ2) is 7.24. The van der Waals surface area contributed by atoms with E-state index in [0.717, 1.165) is 45.9 Å². The van der Waals surface area contributed by atoms with Crippen LogP contribution in [0, 0.1) is 0 Å². The van der Waals surface area contributed by atoms with E-state index in [4.69, 9.17) is 4.74 Å². The monoisotopic (exact) mass is 253 g/mol. The van der Waals surface area contributed by atoms with Crippen molar-refractivity contribution in [3.63, 3.8) is 0 Å². The summed E-state index contributed by atoms with van der Waals surface area (Å²) in [7, 11) is 0. The maximum Gasteiger partial charge on any atom is 0.0594 e. The maximum absolute atomic E-state index is 5.43. The minimum Gasteiger partial charge on any atom is -0.379 e. The Bertz CT molecular complexity index is 268. The summed E-state index contributed by atoms with van der Waals surface area (Å²) in [6.45, 7) is 14.1. The van der Waals surface area contributed by atoms with Crippen molar-refractivity contribution in [3.8, 4) is 0 Å². The van der Waals surface area contributed by atoms with Gasteiger partial charge in [0.2, 0.25) is 0 Å². The second-order valence-electron chi connectivity index (χ2n) is 5.21. The summed E-state index contributed by atoms with van der Waals surface area (Å²) < 4.78 is 5.43. The molecule has 2 heterocycles. The molecule has 0 aliphatic carbocycles. The number of ether oxygens (including phenoxy) is 1. The number of piperazine rings is 1. The van der Waals surface area contributed by atoms with Crippen molar-refractivity contribution in [3.05, 3.63) is 11.6 Å². The van der Waals surface area contributed by atoms with Crippen LogP contribution in [0.1, 0.15) is 13.8 Å². The van der Waals surface area contributed by atoms with E-state index in [1.807, 2.05) is 0 Å². The molecule has 0 spiro atoms. The maximum atomic E-state index is 5.43. The smallest absolute Gasteiger partial charge is 0.0594 e. The average molecular weight is 253 g/mol. The first-order chi connectivity index (χ1) is 8.81. The molecule has 0 aromatic heterocycles. The molecule has 1 atom stereocenters. The van der Waals surface area contributed by atoms with Crippen LogP contribution in [-0.2, 0) is 4.74 Å². The SMILES string of the molecule is CC=C(CN1CCNCC1)C(C)N1CCOCC1. The van der Waals surface area contributed by atoms with E-state index >= 15 is 0 Å². The quantitative estimate of drug-likeness (QED) is 0.741. The topological polar surface area (TPSA) is 27.7 Å². The predicted molar refractivity (Wildman–Crippen MR) is 74.9 cm³/mol. The van der Waals surface area contributed by atoms with Crippen molar-refractivity contribution >= 4 is 0 Å². The van der Waals surface area contributed by atoms with Crippen LogP contribution in [0.5, 0.6) is 0 Å². The standard InChI is InChI=1S/C14H27N3O/c1-3-14(12-16-6-4-15-5-7-16)13(2)17-8-10-18-11-9-17/h3,13,15H,4-12H2,1-2H3. The van der Waals surface area contributed by atoms with Crippen molar-refractivity contribution in [2.24, 2.45) is 0 Å². The van der Waals surface area contributed by atoms with Crippen molar-refractivity contribution in [1.29, 1.82) is 0 Å². The van der Waals surface area contributed by atoms with Gasteiger partial charge in [0.1, 0.15) is 0 Å². The van der Waals surface area contributed by atoms with Crippen LogP contribution in [-0.4, -0.2) is 74.9 Å². The Balaban J connectivity index is 1.86. The molecule has 0 amide bonds. The molecule has 2 aliphatic heterocycles. The van der Waals surface area contributed by atoms with Gasteiger partial charge in [0.25, 0.3) is 0 Å². The van der Waals surface area contributed by atoms with Gasteiger partial charge in [0.15, 0.2) is 0 Å². The summed E-state index contributed by atoms with van der Waals surface area (Å²) in [5.41, 5.74) is 1.55. The third-order valence-electron chi connectivity index (χ3n) is 4.12. The minimum atomic E-state index is 0.550. The fraction of sp³-hybridized carbons (Fsp3) is 0.857. The Labute approximate surface area is 111 Å². The molecule has 0 aromatic rings. The van der Waals surface area contributed by atoms with Crippen LogP contribution >= 0.6 is 0 Å². The minimum absolute atomic E-state index is 0.550. The fourth-order valence-corrected chi connectivity index (χ4v) is 2.79. The number of hydrogen-bond donors (Lipinski definition) is 1. The first kappa shape index (κ1) is 14.0. The molecule has 1 unspecified atom stereocenters. The van der Waals surface area contributed by atoms with Crippen LogP contribution in [0.4, 0.5) is 0 Å². The summed E-state index contributed by atoms with van der Waals surface area (Å²) >= 11 is 0. The third-order valence-corrected chi connectivity index (χ3v) is 4.12. The Hall–Kier alpha value is -0.420. The van der Waals surface area contributed by atoms with Gasteiger partial charge in [-0.25, -0.2) is 0 Å². The van der Waals surface area contributed by atoms with Crippen LogP contribution in [0.3, 0.4) is 0 Å². The highest BCUT2D eigenvalue weighted by molar-refractivity contribution is 5.11. The molecule has 4 nitrogen and oxygen atoms in total. The molecule has 2 saturated heterocycles. The Kier molecular flexibility index (Phi) is 5.63. The molecule has 2 aliphatic rings. The normalized spacial score (nSPS) is 26.2. The predicted octanol–water partition coefficient (Wildman–Crippen LogP) is 0.559. The number of hydrogen-bond acceptors (Lipinski definition) is 4. The zero-order valence-corrected chi connectivity index (χ0v) is 11.8. The molecule has 2 rings (SSSR count). The van der Waals surface area contributed by atoms with Crippen molar-refractivity contribution in [1.82, 2.24) is 15.1 Å². The summed E-state index contributed by atoms with van der Waals surface area (Å²) in [5, 5.41) is 3.41. The van der Waals surface area contributed by atoms with Crippen molar-refractivity contribution < 1.29 is 4.74 Å². The Morgan fingerprint density at radius 1 is 1.22 bits per heavy atom. The zero-order chi connectivity index (χ0) is 12.8. The van der Waals surface area contributed by atoms with E-state index in [0.29, 0.717) is 6.04 Å². The lowest BCUT2D eigenvalue weighted by Gasteiger charge is -2.36. The van der Waals surface area contributed by atoms with E-state index in [9.17, 15) is 0 Å². The Morgan fingerprint density at radius 2 is 1.89 bits per heavy atom. The lowest BCUT2D eigenvalue weighted by molar-refractivity contribution is 0.0255. The summed E-state index contributed by atoms with van der Waals surface area (Å²) in [4.78, 5) is 5.10. The third kappa shape index (κ3) is 3.79. The van der Waals surface area contributed by atoms with E-state index in [1.54, 1.807) is 5.57 Å². The van der Waals surface area contributed by atoms with Crippen LogP contribution in [0.2, 0.25) is 0 Å². The molecule has 4 heteroatoms. The Morgan fingerprint density at radius 3 is 2.50 bits per heavy atom. The number of nitrogens with one attached hydrogen (secondary N) is 1. The molecule has 104 valence electrons.